The van der Waals surface area contributed by atoms with Gasteiger partial charge in [0.25, 0.3) is 5.91 Å². The van der Waals surface area contributed by atoms with Crippen LogP contribution in [0.4, 0.5) is 0 Å². The lowest BCUT2D eigenvalue weighted by molar-refractivity contribution is 0.0900. The van der Waals surface area contributed by atoms with Crippen molar-refractivity contribution >= 4 is 15.9 Å². The Hall–Kier alpha value is -1.44. The molecule has 0 radical (unpaired) electrons. The van der Waals surface area contributed by atoms with Crippen LogP contribution in [0.25, 0.3) is 0 Å². The summed E-state index contributed by atoms with van der Waals surface area (Å²) in [5.41, 5.74) is 0.483. The van der Waals surface area contributed by atoms with Crippen molar-refractivity contribution in [3.63, 3.8) is 0 Å². The normalized spacial score (nSPS) is 17.2. The number of hydrogen-bond acceptors (Lipinski definition) is 4. The van der Waals surface area contributed by atoms with Crippen molar-refractivity contribution < 1.29 is 13.2 Å². The van der Waals surface area contributed by atoms with Crippen LogP contribution in [0.3, 0.4) is 0 Å². The van der Waals surface area contributed by atoms with E-state index in [1.54, 1.807) is 19.1 Å². The standard InChI is InChI=1S/C17H27N3O3S/c1-4-18-24(22,23)16-7-5-14(6-8-16)17(21)19-15-9-11-20(12-10-15)13(2)3/h5-8,13,15,18H,4,9-12H2,1-3H3,(H,19,21). The topological polar surface area (TPSA) is 78.5 Å². The van der Waals surface area contributed by atoms with Crippen molar-refractivity contribution in [3.05, 3.63) is 29.8 Å². The van der Waals surface area contributed by atoms with Crippen molar-refractivity contribution in [2.75, 3.05) is 19.6 Å². The van der Waals surface area contributed by atoms with E-state index in [2.05, 4.69) is 28.8 Å². The quantitative estimate of drug-likeness (QED) is 0.814. The van der Waals surface area contributed by atoms with Crippen molar-refractivity contribution in [3.8, 4) is 0 Å². The van der Waals surface area contributed by atoms with Crippen LogP contribution in [0.5, 0.6) is 0 Å². The predicted octanol–water partition coefficient (Wildman–Crippen LogP) is 1.59. The Morgan fingerprint density at radius 3 is 2.29 bits per heavy atom. The summed E-state index contributed by atoms with van der Waals surface area (Å²) in [5, 5.41) is 3.05. The zero-order chi connectivity index (χ0) is 17.7. The number of sulfonamides is 1. The van der Waals surface area contributed by atoms with E-state index in [1.165, 1.54) is 12.1 Å². The highest BCUT2D eigenvalue weighted by atomic mass is 32.2. The number of likely N-dealkylation sites (tertiary alicyclic amines) is 1. The molecule has 1 saturated heterocycles. The number of nitrogens with zero attached hydrogens (tertiary/aromatic N) is 1. The van der Waals surface area contributed by atoms with Crippen molar-refractivity contribution in [1.29, 1.82) is 0 Å². The highest BCUT2D eigenvalue weighted by molar-refractivity contribution is 7.89. The second kappa shape index (κ2) is 8.09. The maximum Gasteiger partial charge on any atom is 0.251 e. The first kappa shape index (κ1) is 18.9. The minimum Gasteiger partial charge on any atom is -0.349 e. The molecule has 2 rings (SSSR count). The summed E-state index contributed by atoms with van der Waals surface area (Å²) in [6, 6.07) is 6.76. The Morgan fingerprint density at radius 1 is 1.21 bits per heavy atom. The van der Waals surface area contributed by atoms with Crippen LogP contribution in [0.2, 0.25) is 0 Å². The monoisotopic (exact) mass is 353 g/mol. The van der Waals surface area contributed by atoms with Gasteiger partial charge in [0, 0.05) is 37.3 Å². The smallest absolute Gasteiger partial charge is 0.251 e. The molecule has 2 N–H and O–H groups in total. The van der Waals surface area contributed by atoms with Gasteiger partial charge in [0.05, 0.1) is 4.90 Å². The van der Waals surface area contributed by atoms with Gasteiger partial charge >= 0.3 is 0 Å². The van der Waals surface area contributed by atoms with E-state index in [1.807, 2.05) is 0 Å². The van der Waals surface area contributed by atoms with Gasteiger partial charge in [-0.1, -0.05) is 6.92 Å². The van der Waals surface area contributed by atoms with Crippen molar-refractivity contribution in [2.24, 2.45) is 0 Å². The maximum atomic E-state index is 12.3. The molecule has 1 aromatic rings. The molecule has 134 valence electrons. The first-order chi connectivity index (χ1) is 11.3. The van der Waals surface area contributed by atoms with E-state index in [4.69, 9.17) is 0 Å². The lowest BCUT2D eigenvalue weighted by Gasteiger charge is -2.34. The van der Waals surface area contributed by atoms with Crippen LogP contribution >= 0.6 is 0 Å². The molecule has 0 saturated carbocycles. The summed E-state index contributed by atoms with van der Waals surface area (Å²) in [7, 11) is -3.48. The SMILES string of the molecule is CCNS(=O)(=O)c1ccc(C(=O)NC2CCN(C(C)C)CC2)cc1. The van der Waals surface area contributed by atoms with Crippen molar-refractivity contribution in [1.82, 2.24) is 14.9 Å². The van der Waals surface area contributed by atoms with Gasteiger partial charge in [0.15, 0.2) is 0 Å². The van der Waals surface area contributed by atoms with Crippen LogP contribution in [-0.4, -0.2) is 50.9 Å². The Kier molecular flexibility index (Phi) is 6.37. The first-order valence-electron chi connectivity index (χ1n) is 8.48. The molecule has 6 nitrogen and oxygen atoms in total. The third-order valence-corrected chi connectivity index (χ3v) is 5.92. The minimum absolute atomic E-state index is 0.148. The average Bonchev–Trinajstić information content (AvgIpc) is 2.55. The zero-order valence-corrected chi connectivity index (χ0v) is 15.4. The predicted molar refractivity (Wildman–Crippen MR) is 94.5 cm³/mol. The van der Waals surface area contributed by atoms with E-state index in [-0.39, 0.29) is 16.8 Å². The third-order valence-electron chi connectivity index (χ3n) is 4.36. The average molecular weight is 353 g/mol. The van der Waals surface area contributed by atoms with Gasteiger partial charge in [-0.3, -0.25) is 4.79 Å². The van der Waals surface area contributed by atoms with Gasteiger partial charge in [0.2, 0.25) is 10.0 Å². The van der Waals surface area contributed by atoms with Crippen LogP contribution in [0, 0.1) is 0 Å². The largest absolute Gasteiger partial charge is 0.349 e. The van der Waals surface area contributed by atoms with Crippen molar-refractivity contribution in [2.45, 2.75) is 50.6 Å². The molecular formula is C17H27N3O3S. The molecule has 24 heavy (non-hydrogen) atoms. The number of amides is 1. The summed E-state index contributed by atoms with van der Waals surface area (Å²) in [6.07, 6.45) is 1.88. The fourth-order valence-electron chi connectivity index (χ4n) is 2.89. The Balaban J connectivity index is 1.94. The summed E-state index contributed by atoms with van der Waals surface area (Å²) >= 11 is 0. The van der Waals surface area contributed by atoms with Gasteiger partial charge in [-0.25, -0.2) is 13.1 Å². The Bertz CT molecular complexity index is 648. The molecule has 0 bridgehead atoms. The van der Waals surface area contributed by atoms with Crippen LogP contribution in [-0.2, 0) is 10.0 Å². The molecule has 0 aromatic heterocycles. The second-order valence-electron chi connectivity index (χ2n) is 6.40. The highest BCUT2D eigenvalue weighted by Crippen LogP contribution is 2.15. The fourth-order valence-corrected chi connectivity index (χ4v) is 3.93. The lowest BCUT2D eigenvalue weighted by Crippen LogP contribution is -2.46. The molecule has 0 atom stereocenters. The molecule has 0 aliphatic carbocycles. The molecule has 7 heteroatoms. The molecule has 1 aromatic carbocycles. The van der Waals surface area contributed by atoms with Gasteiger partial charge in [-0.2, -0.15) is 0 Å². The Labute approximate surface area is 144 Å². The fraction of sp³-hybridized carbons (Fsp3) is 0.588. The molecule has 1 heterocycles. The van der Waals surface area contributed by atoms with Gasteiger partial charge in [-0.15, -0.1) is 0 Å². The number of hydrogen-bond donors (Lipinski definition) is 2. The lowest BCUT2D eigenvalue weighted by atomic mass is 10.0. The van der Waals surface area contributed by atoms with E-state index in [9.17, 15) is 13.2 Å². The second-order valence-corrected chi connectivity index (χ2v) is 8.17. The summed E-state index contributed by atoms with van der Waals surface area (Å²) in [5.74, 6) is -0.148. The molecule has 1 aliphatic rings. The molecule has 1 aliphatic heterocycles. The number of carbonyl (C=O) groups is 1. The van der Waals surface area contributed by atoms with Gasteiger partial charge in [-0.05, 0) is 51.0 Å². The van der Waals surface area contributed by atoms with E-state index in [0.717, 1.165) is 25.9 Å². The van der Waals surface area contributed by atoms with E-state index >= 15 is 0 Å². The molecule has 1 amide bonds. The van der Waals surface area contributed by atoms with E-state index < -0.39 is 10.0 Å². The number of piperidine rings is 1. The summed E-state index contributed by atoms with van der Waals surface area (Å²) in [4.78, 5) is 14.9. The molecular weight excluding hydrogens is 326 g/mol. The molecule has 0 unspecified atom stereocenters. The first-order valence-corrected chi connectivity index (χ1v) is 9.96. The van der Waals surface area contributed by atoms with Gasteiger partial charge < -0.3 is 10.2 Å². The summed E-state index contributed by atoms with van der Waals surface area (Å²) < 4.78 is 26.2. The van der Waals surface area contributed by atoms with Crippen LogP contribution in [0.1, 0.15) is 44.0 Å². The minimum atomic E-state index is -3.48. The maximum absolute atomic E-state index is 12.3. The highest BCUT2D eigenvalue weighted by Gasteiger charge is 2.22. The number of rotatable bonds is 6. The van der Waals surface area contributed by atoms with Crippen LogP contribution < -0.4 is 10.0 Å². The number of benzene rings is 1. The third kappa shape index (κ3) is 4.78. The zero-order valence-electron chi connectivity index (χ0n) is 14.6. The molecule has 1 fully saturated rings. The number of nitrogens with one attached hydrogen (secondary N) is 2. The Morgan fingerprint density at radius 2 is 1.79 bits per heavy atom. The van der Waals surface area contributed by atoms with Gasteiger partial charge in [0.1, 0.15) is 0 Å². The van der Waals surface area contributed by atoms with E-state index in [0.29, 0.717) is 18.2 Å². The van der Waals surface area contributed by atoms with Crippen LogP contribution in [0.15, 0.2) is 29.2 Å². The summed E-state index contributed by atoms with van der Waals surface area (Å²) in [6.45, 7) is 8.40. The molecule has 0 spiro atoms. The number of carbonyl (C=O) groups excluding carboxylic acids is 1.